The van der Waals surface area contributed by atoms with Crippen molar-refractivity contribution in [2.24, 2.45) is 11.5 Å². The normalized spacial score (nSPS) is 13.3. The van der Waals surface area contributed by atoms with Gasteiger partial charge in [-0.1, -0.05) is 0 Å². The first-order valence-electron chi connectivity index (χ1n) is 9.60. The fourth-order valence-electron chi connectivity index (χ4n) is 3.66. The van der Waals surface area contributed by atoms with Gasteiger partial charge < -0.3 is 11.5 Å². The van der Waals surface area contributed by atoms with Crippen LogP contribution >= 0.6 is 45.3 Å². The Hall–Kier alpha value is -1.28. The Morgan fingerprint density at radius 2 is 1.28 bits per heavy atom. The summed E-state index contributed by atoms with van der Waals surface area (Å²) in [5, 5.41) is 4.09. The molecule has 0 radical (unpaired) electrons. The molecule has 0 aliphatic heterocycles. The maximum atomic E-state index is 6.46. The molecule has 0 aliphatic carbocycles. The molecule has 0 aliphatic rings. The summed E-state index contributed by atoms with van der Waals surface area (Å²) in [5.41, 5.74) is 12.1. The van der Waals surface area contributed by atoms with Crippen LogP contribution in [0.3, 0.4) is 0 Å². The van der Waals surface area contributed by atoms with E-state index in [4.69, 9.17) is 11.5 Å². The predicted molar refractivity (Wildman–Crippen MR) is 135 cm³/mol. The van der Waals surface area contributed by atoms with Crippen molar-refractivity contribution in [1.29, 1.82) is 0 Å². The zero-order chi connectivity index (χ0) is 20.7. The molecule has 0 bridgehead atoms. The third-order valence-corrected chi connectivity index (χ3v) is 10.7. The van der Waals surface area contributed by atoms with E-state index in [1.165, 1.54) is 54.6 Å². The van der Waals surface area contributed by atoms with E-state index in [9.17, 15) is 0 Å². The number of rotatable bonds is 3. The smallest absolute Gasteiger partial charge is 0.0539 e. The lowest BCUT2D eigenvalue weighted by Gasteiger charge is -2.15. The fraction of sp³-hybridized carbons (Fsp3) is 0.304. The molecule has 0 spiro atoms. The number of benzene rings is 1. The average Bonchev–Trinajstić information content (AvgIpc) is 3.35. The van der Waals surface area contributed by atoms with E-state index >= 15 is 0 Å². The summed E-state index contributed by atoms with van der Waals surface area (Å²) in [5.74, 6) is 0. The number of fused-ring (bicyclic) bond motifs is 6. The quantitative estimate of drug-likeness (QED) is 0.291. The highest BCUT2D eigenvalue weighted by Gasteiger charge is 2.23. The van der Waals surface area contributed by atoms with Gasteiger partial charge in [0.15, 0.2) is 0 Å². The summed E-state index contributed by atoms with van der Waals surface area (Å²) in [4.78, 5) is 6.43. The molecule has 0 atom stereocenters. The van der Waals surface area contributed by atoms with Crippen LogP contribution in [0.4, 0.5) is 0 Å². The Kier molecular flexibility index (Phi) is 4.31. The van der Waals surface area contributed by atoms with Crippen molar-refractivity contribution >= 4 is 75.6 Å². The van der Waals surface area contributed by atoms with Gasteiger partial charge in [-0.05, 0) is 65.0 Å². The lowest BCUT2D eigenvalue weighted by atomic mass is 10.0. The number of hydrogen-bond acceptors (Lipinski definition) is 6. The summed E-state index contributed by atoms with van der Waals surface area (Å²) >= 11 is 7.44. The molecule has 1 aromatic carbocycles. The first-order chi connectivity index (χ1) is 13.5. The molecule has 4 heterocycles. The second kappa shape index (κ2) is 6.36. The van der Waals surface area contributed by atoms with Gasteiger partial charge in [0.2, 0.25) is 0 Å². The SMILES string of the molecule is Cc1cc2c3cc(-c4ccc(C(C)(C)N)s4)sc3c3sc(C(C)(C)N)cc3c2s1. The van der Waals surface area contributed by atoms with Crippen molar-refractivity contribution in [1.82, 2.24) is 0 Å². The summed E-state index contributed by atoms with van der Waals surface area (Å²) in [6.45, 7) is 10.5. The van der Waals surface area contributed by atoms with Crippen molar-refractivity contribution in [3.63, 3.8) is 0 Å². The van der Waals surface area contributed by atoms with Gasteiger partial charge in [0, 0.05) is 56.3 Å². The molecule has 0 unspecified atom stereocenters. The van der Waals surface area contributed by atoms with Crippen LogP contribution < -0.4 is 11.5 Å². The van der Waals surface area contributed by atoms with Crippen molar-refractivity contribution < 1.29 is 0 Å². The minimum absolute atomic E-state index is 0.306. The Morgan fingerprint density at radius 3 is 1.93 bits per heavy atom. The maximum absolute atomic E-state index is 6.46. The third-order valence-electron chi connectivity index (χ3n) is 5.18. The number of hydrogen-bond donors (Lipinski definition) is 2. The van der Waals surface area contributed by atoms with E-state index in [1.807, 2.05) is 34.0 Å². The van der Waals surface area contributed by atoms with Crippen LogP contribution in [0.1, 0.15) is 42.3 Å². The van der Waals surface area contributed by atoms with Gasteiger partial charge in [0.05, 0.1) is 9.40 Å². The van der Waals surface area contributed by atoms with Crippen molar-refractivity contribution in [2.75, 3.05) is 0 Å². The molecule has 5 aromatic rings. The van der Waals surface area contributed by atoms with Gasteiger partial charge in [0.25, 0.3) is 0 Å². The van der Waals surface area contributed by atoms with Crippen LogP contribution in [0.25, 0.3) is 40.0 Å². The topological polar surface area (TPSA) is 52.0 Å². The molecule has 0 saturated carbocycles. The van der Waals surface area contributed by atoms with E-state index in [1.54, 1.807) is 11.3 Å². The standard InChI is InChI=1S/C23H24N2S4/c1-11-8-12-13-9-16(15-6-7-17(27-15)22(2,3)24)28-20(13)21-14(19(12)26-11)10-18(29-21)23(4,5)25/h6-10H,24-25H2,1-5H3. The van der Waals surface area contributed by atoms with Gasteiger partial charge in [-0.2, -0.15) is 0 Å². The Balaban J connectivity index is 1.82. The molecule has 4 aromatic heterocycles. The lowest BCUT2D eigenvalue weighted by Crippen LogP contribution is -2.27. The van der Waals surface area contributed by atoms with Crippen LogP contribution in [0.5, 0.6) is 0 Å². The van der Waals surface area contributed by atoms with Crippen LogP contribution in [0, 0.1) is 6.92 Å². The molecule has 5 rings (SSSR count). The monoisotopic (exact) mass is 456 g/mol. The van der Waals surface area contributed by atoms with E-state index in [-0.39, 0.29) is 11.1 Å². The summed E-state index contributed by atoms with van der Waals surface area (Å²) in [6, 6.07) is 11.4. The molecule has 29 heavy (non-hydrogen) atoms. The highest BCUT2D eigenvalue weighted by atomic mass is 32.1. The largest absolute Gasteiger partial charge is 0.321 e. The molecule has 6 heteroatoms. The first kappa shape index (κ1) is 19.7. The zero-order valence-corrected chi connectivity index (χ0v) is 20.4. The molecular weight excluding hydrogens is 433 g/mol. The second-order valence-corrected chi connectivity index (χ2v) is 13.4. The molecule has 2 nitrogen and oxygen atoms in total. The van der Waals surface area contributed by atoms with Gasteiger partial charge in [-0.15, -0.1) is 45.3 Å². The summed E-state index contributed by atoms with van der Waals surface area (Å²) in [7, 11) is 0. The van der Waals surface area contributed by atoms with Crippen LogP contribution in [0.15, 0.2) is 30.3 Å². The molecule has 150 valence electrons. The molecular formula is C23H24N2S4. The maximum Gasteiger partial charge on any atom is 0.0539 e. The minimum atomic E-state index is -0.329. The number of nitrogens with two attached hydrogens (primary N) is 2. The second-order valence-electron chi connectivity index (χ2n) is 8.91. The lowest BCUT2D eigenvalue weighted by molar-refractivity contribution is 0.567. The third kappa shape index (κ3) is 3.17. The first-order valence-corrected chi connectivity index (χ1v) is 12.9. The summed E-state index contributed by atoms with van der Waals surface area (Å²) < 4.78 is 4.13. The molecule has 0 amide bonds. The van der Waals surface area contributed by atoms with Crippen LogP contribution in [0.2, 0.25) is 0 Å². The van der Waals surface area contributed by atoms with Gasteiger partial charge in [-0.25, -0.2) is 0 Å². The van der Waals surface area contributed by atoms with Gasteiger partial charge in [-0.3, -0.25) is 0 Å². The van der Waals surface area contributed by atoms with Crippen molar-refractivity contribution in [3.8, 4) is 9.75 Å². The van der Waals surface area contributed by atoms with Gasteiger partial charge in [0.1, 0.15) is 0 Å². The van der Waals surface area contributed by atoms with E-state index in [0.29, 0.717) is 0 Å². The average molecular weight is 457 g/mol. The van der Waals surface area contributed by atoms with Crippen LogP contribution in [-0.4, -0.2) is 0 Å². The Morgan fingerprint density at radius 1 is 0.621 bits per heavy atom. The van der Waals surface area contributed by atoms with Gasteiger partial charge >= 0.3 is 0 Å². The fourth-order valence-corrected chi connectivity index (χ4v) is 8.38. The van der Waals surface area contributed by atoms with Crippen LogP contribution in [-0.2, 0) is 11.1 Å². The van der Waals surface area contributed by atoms with E-state index < -0.39 is 0 Å². The summed E-state index contributed by atoms with van der Waals surface area (Å²) in [6.07, 6.45) is 0. The zero-order valence-electron chi connectivity index (χ0n) is 17.2. The Labute approximate surface area is 186 Å². The Bertz CT molecular complexity index is 1380. The number of aryl methyl sites for hydroxylation is 1. The highest BCUT2D eigenvalue weighted by molar-refractivity contribution is 7.31. The van der Waals surface area contributed by atoms with Crippen molar-refractivity contribution in [3.05, 3.63) is 45.0 Å². The van der Waals surface area contributed by atoms with E-state index in [2.05, 4.69) is 65.0 Å². The minimum Gasteiger partial charge on any atom is -0.321 e. The molecule has 0 fully saturated rings. The number of thiophene rings is 4. The highest BCUT2D eigenvalue weighted by Crippen LogP contribution is 2.49. The predicted octanol–water partition coefficient (Wildman–Crippen LogP) is 7.76. The molecule has 4 N–H and O–H groups in total. The molecule has 0 saturated heterocycles. The van der Waals surface area contributed by atoms with E-state index in [0.717, 1.165) is 0 Å². The van der Waals surface area contributed by atoms with Crippen molar-refractivity contribution in [2.45, 2.75) is 45.7 Å².